The molecular weight excluding hydrogens is 288 g/mol. The first kappa shape index (κ1) is 14.4. The summed E-state index contributed by atoms with van der Waals surface area (Å²) in [5.74, 6) is -1.08. The summed E-state index contributed by atoms with van der Waals surface area (Å²) in [6, 6.07) is -0.963. The normalized spacial score (nSPS) is 22.1. The molecule has 1 unspecified atom stereocenters. The second-order valence-electron chi connectivity index (χ2n) is 4.52. The van der Waals surface area contributed by atoms with Crippen molar-refractivity contribution in [3.05, 3.63) is 11.2 Å². The fraction of sp³-hybridized carbons (Fsp3) is 0.636. The minimum atomic E-state index is -3.75. The van der Waals surface area contributed by atoms with Crippen molar-refractivity contribution in [3.63, 3.8) is 0 Å². The fourth-order valence-electron chi connectivity index (χ4n) is 2.19. The van der Waals surface area contributed by atoms with Crippen LogP contribution < -0.4 is 0 Å². The van der Waals surface area contributed by atoms with Crippen molar-refractivity contribution < 1.29 is 18.3 Å². The van der Waals surface area contributed by atoms with Gasteiger partial charge in [0, 0.05) is 6.54 Å². The Labute approximate surface area is 116 Å². The number of rotatable bonds is 3. The lowest BCUT2D eigenvalue weighted by Gasteiger charge is -2.25. The van der Waals surface area contributed by atoms with Crippen LogP contribution in [0.2, 0.25) is 0 Å². The SMILES string of the molecule is Cc1ncc(S(=O)(=O)N2CCCCCC2C(=O)O)s1. The highest BCUT2D eigenvalue weighted by atomic mass is 32.2. The number of carboxylic acids is 1. The van der Waals surface area contributed by atoms with Gasteiger partial charge in [0.25, 0.3) is 10.0 Å². The van der Waals surface area contributed by atoms with E-state index in [2.05, 4.69) is 4.98 Å². The van der Waals surface area contributed by atoms with Gasteiger partial charge in [-0.3, -0.25) is 4.79 Å². The van der Waals surface area contributed by atoms with Crippen molar-refractivity contribution in [2.75, 3.05) is 6.54 Å². The predicted octanol–water partition coefficient (Wildman–Crippen LogP) is 1.47. The largest absolute Gasteiger partial charge is 0.480 e. The minimum Gasteiger partial charge on any atom is -0.480 e. The van der Waals surface area contributed by atoms with Crippen molar-refractivity contribution in [2.45, 2.75) is 42.9 Å². The Hall–Kier alpha value is -0.990. The number of aliphatic carboxylic acids is 1. The highest BCUT2D eigenvalue weighted by molar-refractivity contribution is 7.91. The lowest BCUT2D eigenvalue weighted by atomic mass is 10.1. The summed E-state index contributed by atoms with van der Waals surface area (Å²) in [6.07, 6.45) is 3.97. The van der Waals surface area contributed by atoms with E-state index in [1.54, 1.807) is 6.92 Å². The Kier molecular flexibility index (Phi) is 4.22. The number of thiazole rings is 1. The summed E-state index contributed by atoms with van der Waals surface area (Å²) in [4.78, 5) is 15.2. The highest BCUT2D eigenvalue weighted by Crippen LogP contribution is 2.27. The van der Waals surface area contributed by atoms with E-state index in [4.69, 9.17) is 0 Å². The summed E-state index contributed by atoms with van der Waals surface area (Å²) in [6.45, 7) is 1.98. The number of aryl methyl sites for hydroxylation is 1. The maximum Gasteiger partial charge on any atom is 0.322 e. The molecule has 106 valence electrons. The van der Waals surface area contributed by atoms with Crippen LogP contribution in [-0.4, -0.2) is 41.4 Å². The van der Waals surface area contributed by atoms with Crippen LogP contribution in [0.4, 0.5) is 0 Å². The van der Waals surface area contributed by atoms with Crippen molar-refractivity contribution in [1.29, 1.82) is 0 Å². The van der Waals surface area contributed by atoms with Crippen molar-refractivity contribution in [2.24, 2.45) is 0 Å². The Morgan fingerprint density at radius 2 is 2.21 bits per heavy atom. The molecule has 1 aromatic rings. The van der Waals surface area contributed by atoms with E-state index >= 15 is 0 Å². The Balaban J connectivity index is 2.38. The first-order chi connectivity index (χ1) is 8.93. The number of carbonyl (C=O) groups is 1. The smallest absolute Gasteiger partial charge is 0.322 e. The third-order valence-electron chi connectivity index (χ3n) is 3.15. The number of sulfonamides is 1. The van der Waals surface area contributed by atoms with E-state index in [0.29, 0.717) is 17.8 Å². The molecule has 8 heteroatoms. The Morgan fingerprint density at radius 3 is 2.79 bits per heavy atom. The maximum atomic E-state index is 12.5. The lowest BCUT2D eigenvalue weighted by molar-refractivity contribution is -0.141. The van der Waals surface area contributed by atoms with Gasteiger partial charge in [-0.2, -0.15) is 4.31 Å². The molecule has 6 nitrogen and oxygen atoms in total. The monoisotopic (exact) mass is 304 g/mol. The fourth-order valence-corrected chi connectivity index (χ4v) is 5.08. The molecule has 1 aliphatic heterocycles. The zero-order valence-corrected chi connectivity index (χ0v) is 12.2. The Bertz CT molecular complexity index is 567. The van der Waals surface area contributed by atoms with Crippen LogP contribution in [0.5, 0.6) is 0 Å². The van der Waals surface area contributed by atoms with Crippen LogP contribution in [0.3, 0.4) is 0 Å². The van der Waals surface area contributed by atoms with Gasteiger partial charge < -0.3 is 5.11 Å². The number of hydrogen-bond donors (Lipinski definition) is 1. The quantitative estimate of drug-likeness (QED) is 0.913. The third-order valence-corrected chi connectivity index (χ3v) is 6.41. The van der Waals surface area contributed by atoms with Crippen molar-refractivity contribution >= 4 is 27.3 Å². The molecule has 1 fully saturated rings. The van der Waals surface area contributed by atoms with Gasteiger partial charge in [-0.15, -0.1) is 11.3 Å². The van der Waals surface area contributed by atoms with Crippen LogP contribution >= 0.6 is 11.3 Å². The second-order valence-corrected chi connectivity index (χ2v) is 7.87. The van der Waals surface area contributed by atoms with E-state index in [1.165, 1.54) is 6.20 Å². The average Bonchev–Trinajstić information content (AvgIpc) is 2.64. The number of hydrogen-bond acceptors (Lipinski definition) is 5. The standard InChI is InChI=1S/C11H16N2O4S2/c1-8-12-7-10(18-8)19(16,17)13-6-4-2-3-5-9(13)11(14)15/h7,9H,2-6H2,1H3,(H,14,15). The minimum absolute atomic E-state index is 0.123. The second kappa shape index (κ2) is 5.56. The molecule has 0 bridgehead atoms. The van der Waals surface area contributed by atoms with E-state index in [-0.39, 0.29) is 10.8 Å². The molecule has 1 saturated heterocycles. The highest BCUT2D eigenvalue weighted by Gasteiger charge is 2.37. The van der Waals surface area contributed by atoms with Crippen LogP contribution in [0.1, 0.15) is 30.7 Å². The van der Waals surface area contributed by atoms with Crippen molar-refractivity contribution in [1.82, 2.24) is 9.29 Å². The third kappa shape index (κ3) is 2.96. The maximum absolute atomic E-state index is 12.5. The van der Waals surface area contributed by atoms with Crippen LogP contribution in [0.15, 0.2) is 10.4 Å². The predicted molar refractivity (Wildman–Crippen MR) is 70.6 cm³/mol. The van der Waals surface area contributed by atoms with Gasteiger partial charge >= 0.3 is 5.97 Å². The van der Waals surface area contributed by atoms with Crippen LogP contribution in [0, 0.1) is 6.92 Å². The van der Waals surface area contributed by atoms with E-state index < -0.39 is 22.0 Å². The molecule has 0 aliphatic carbocycles. The topological polar surface area (TPSA) is 87.6 Å². The zero-order chi connectivity index (χ0) is 14.0. The molecule has 2 rings (SSSR count). The van der Waals surface area contributed by atoms with Gasteiger partial charge in [-0.1, -0.05) is 12.8 Å². The van der Waals surface area contributed by atoms with Gasteiger partial charge in [-0.05, 0) is 19.8 Å². The van der Waals surface area contributed by atoms with E-state index in [1.807, 2.05) is 0 Å². The molecule has 1 aliphatic rings. The molecule has 1 N–H and O–H groups in total. The number of carboxylic acid groups (broad SMARTS) is 1. The van der Waals surface area contributed by atoms with Gasteiger partial charge in [-0.25, -0.2) is 13.4 Å². The molecule has 1 atom stereocenters. The first-order valence-electron chi connectivity index (χ1n) is 6.10. The Morgan fingerprint density at radius 1 is 1.47 bits per heavy atom. The number of aromatic nitrogens is 1. The van der Waals surface area contributed by atoms with Crippen LogP contribution in [0.25, 0.3) is 0 Å². The molecular formula is C11H16N2O4S2. The summed E-state index contributed by atoms with van der Waals surface area (Å²) >= 11 is 1.08. The molecule has 2 heterocycles. The average molecular weight is 304 g/mol. The molecule has 0 aromatic carbocycles. The summed E-state index contributed by atoms with van der Waals surface area (Å²) < 4.78 is 26.2. The van der Waals surface area contributed by atoms with Gasteiger partial charge in [0.15, 0.2) is 4.21 Å². The lowest BCUT2D eigenvalue weighted by Crippen LogP contribution is -2.44. The van der Waals surface area contributed by atoms with Crippen LogP contribution in [-0.2, 0) is 14.8 Å². The molecule has 0 saturated carbocycles. The molecule has 0 radical (unpaired) electrons. The van der Waals surface area contributed by atoms with Gasteiger partial charge in [0.1, 0.15) is 6.04 Å². The molecule has 0 amide bonds. The van der Waals surface area contributed by atoms with Crippen molar-refractivity contribution in [3.8, 4) is 0 Å². The van der Waals surface area contributed by atoms with Gasteiger partial charge in [0.2, 0.25) is 0 Å². The number of nitrogens with zero attached hydrogens (tertiary/aromatic N) is 2. The summed E-state index contributed by atoms with van der Waals surface area (Å²) in [5, 5.41) is 9.88. The zero-order valence-electron chi connectivity index (χ0n) is 10.6. The van der Waals surface area contributed by atoms with E-state index in [0.717, 1.165) is 28.5 Å². The summed E-state index contributed by atoms with van der Waals surface area (Å²) in [7, 11) is -3.75. The first-order valence-corrected chi connectivity index (χ1v) is 8.35. The molecule has 1 aromatic heterocycles. The molecule has 19 heavy (non-hydrogen) atoms. The van der Waals surface area contributed by atoms with E-state index in [9.17, 15) is 18.3 Å². The van der Waals surface area contributed by atoms with Gasteiger partial charge in [0.05, 0.1) is 11.2 Å². The summed E-state index contributed by atoms with van der Waals surface area (Å²) in [5.41, 5.74) is 0. The molecule has 0 spiro atoms.